The second kappa shape index (κ2) is 12.0. The molecule has 190 valence electrons. The van der Waals surface area contributed by atoms with E-state index in [4.69, 9.17) is 0 Å². The molecule has 0 aromatic heterocycles. The molecule has 0 N–H and O–H groups in total. The van der Waals surface area contributed by atoms with Gasteiger partial charge in [0.15, 0.2) is 0 Å². The molecule has 4 fully saturated rings. The Kier molecular flexibility index (Phi) is 8.76. The first-order valence-electron chi connectivity index (χ1n) is 16.0. The lowest BCUT2D eigenvalue weighted by molar-refractivity contribution is 0.392. The quantitative estimate of drug-likeness (QED) is 0.394. The molecule has 34 heavy (non-hydrogen) atoms. The molecule has 0 heteroatoms. The maximum Gasteiger partial charge on any atom is -0.0156 e. The number of rotatable bonds is 6. The van der Waals surface area contributed by atoms with Crippen molar-refractivity contribution >= 4 is 0 Å². The summed E-state index contributed by atoms with van der Waals surface area (Å²) in [6.07, 6.45) is 32.2. The van der Waals surface area contributed by atoms with Crippen molar-refractivity contribution in [1.82, 2.24) is 0 Å². The predicted molar refractivity (Wildman–Crippen MR) is 148 cm³/mol. The molecule has 4 saturated carbocycles. The van der Waals surface area contributed by atoms with E-state index < -0.39 is 0 Å². The Balaban J connectivity index is 1.75. The Bertz CT molecular complexity index is 777. The zero-order valence-electron chi connectivity index (χ0n) is 22.9. The summed E-state index contributed by atoms with van der Waals surface area (Å²) in [5.41, 5.74) is 11.6. The Morgan fingerprint density at radius 2 is 0.765 bits per heavy atom. The molecule has 0 nitrogen and oxygen atoms in total. The van der Waals surface area contributed by atoms with Gasteiger partial charge in [-0.3, -0.25) is 0 Å². The fourth-order valence-electron chi connectivity index (χ4n) is 9.03. The molecular formula is C34H54. The molecule has 0 aliphatic heterocycles. The highest BCUT2D eigenvalue weighted by molar-refractivity contribution is 5.57. The summed E-state index contributed by atoms with van der Waals surface area (Å²) in [6, 6.07) is 0. The molecule has 1 aromatic rings. The van der Waals surface area contributed by atoms with Crippen molar-refractivity contribution < 1.29 is 0 Å². The van der Waals surface area contributed by atoms with E-state index in [9.17, 15) is 0 Å². The van der Waals surface area contributed by atoms with Gasteiger partial charge in [-0.1, -0.05) is 90.4 Å². The Morgan fingerprint density at radius 3 is 1.15 bits per heavy atom. The van der Waals surface area contributed by atoms with Crippen molar-refractivity contribution in [3.05, 3.63) is 33.4 Å². The van der Waals surface area contributed by atoms with Crippen LogP contribution in [0.1, 0.15) is 199 Å². The zero-order chi connectivity index (χ0) is 23.3. The molecule has 1 aromatic carbocycles. The second-order valence-electron chi connectivity index (χ2n) is 12.8. The molecule has 0 saturated heterocycles. The highest BCUT2D eigenvalue weighted by Crippen LogP contribution is 2.53. The van der Waals surface area contributed by atoms with Gasteiger partial charge in [0.2, 0.25) is 0 Å². The number of hydrogen-bond acceptors (Lipinski definition) is 0. The molecule has 0 amide bonds. The van der Waals surface area contributed by atoms with Gasteiger partial charge in [-0.15, -0.1) is 0 Å². The third-order valence-corrected chi connectivity index (χ3v) is 10.6. The van der Waals surface area contributed by atoms with Gasteiger partial charge in [-0.05, 0) is 122 Å². The van der Waals surface area contributed by atoms with E-state index in [1.54, 1.807) is 5.56 Å². The predicted octanol–water partition coefficient (Wildman–Crippen LogP) is 11.1. The molecule has 0 unspecified atom stereocenters. The summed E-state index contributed by atoms with van der Waals surface area (Å²) in [5, 5.41) is 0. The van der Waals surface area contributed by atoms with Crippen molar-refractivity contribution in [2.45, 2.75) is 179 Å². The fraction of sp³-hybridized carbons (Fsp3) is 0.824. The normalized spacial score (nSPS) is 24.5. The van der Waals surface area contributed by atoms with Crippen LogP contribution < -0.4 is 0 Å². The molecular weight excluding hydrogens is 408 g/mol. The van der Waals surface area contributed by atoms with Crippen molar-refractivity contribution in [2.24, 2.45) is 0 Å². The average Bonchev–Trinajstić information content (AvgIpc) is 2.91. The van der Waals surface area contributed by atoms with E-state index in [-0.39, 0.29) is 0 Å². The van der Waals surface area contributed by atoms with E-state index in [1.807, 2.05) is 27.8 Å². The zero-order valence-corrected chi connectivity index (χ0v) is 22.9. The summed E-state index contributed by atoms with van der Waals surface area (Å²) in [5.74, 6) is 3.48. The fourth-order valence-corrected chi connectivity index (χ4v) is 9.03. The highest BCUT2D eigenvalue weighted by Gasteiger charge is 2.36. The molecule has 0 heterocycles. The van der Waals surface area contributed by atoms with Gasteiger partial charge in [-0.2, -0.15) is 0 Å². The minimum atomic E-state index is 0.865. The Hall–Kier alpha value is -0.780. The molecule has 5 rings (SSSR count). The second-order valence-corrected chi connectivity index (χ2v) is 12.8. The standard InChI is InChI=1S/C34H54/c1-3-16-30-25(2)31(26-17-8-4-9-18-26)33(28-21-12-6-13-22-28)34(29-23-14-7-15-24-29)32(30)27-19-10-5-11-20-27/h26-29H,3-24H2,1-2H3. The van der Waals surface area contributed by atoms with E-state index >= 15 is 0 Å². The van der Waals surface area contributed by atoms with Gasteiger partial charge in [0, 0.05) is 0 Å². The van der Waals surface area contributed by atoms with Crippen LogP contribution in [0.4, 0.5) is 0 Å². The third kappa shape index (κ3) is 5.18. The van der Waals surface area contributed by atoms with Gasteiger partial charge < -0.3 is 0 Å². The molecule has 0 spiro atoms. The highest BCUT2D eigenvalue weighted by atomic mass is 14.4. The summed E-state index contributed by atoms with van der Waals surface area (Å²) in [7, 11) is 0. The largest absolute Gasteiger partial charge is 0.0651 e. The topological polar surface area (TPSA) is 0 Å². The van der Waals surface area contributed by atoms with Crippen LogP contribution in [0.15, 0.2) is 0 Å². The number of hydrogen-bond donors (Lipinski definition) is 0. The first-order valence-corrected chi connectivity index (χ1v) is 16.0. The minimum absolute atomic E-state index is 0.865. The van der Waals surface area contributed by atoms with Crippen molar-refractivity contribution in [3.8, 4) is 0 Å². The van der Waals surface area contributed by atoms with Gasteiger partial charge >= 0.3 is 0 Å². The Morgan fingerprint density at radius 1 is 0.441 bits per heavy atom. The maximum atomic E-state index is 2.61. The van der Waals surface area contributed by atoms with Gasteiger partial charge in [0.1, 0.15) is 0 Å². The first-order chi connectivity index (χ1) is 16.8. The molecule has 4 aliphatic carbocycles. The summed E-state index contributed by atoms with van der Waals surface area (Å²) in [6.45, 7) is 5.05. The third-order valence-electron chi connectivity index (χ3n) is 10.6. The van der Waals surface area contributed by atoms with Crippen LogP contribution in [0.25, 0.3) is 0 Å². The lowest BCUT2D eigenvalue weighted by Crippen LogP contribution is -2.24. The SMILES string of the molecule is CCCc1c(C)c(C2CCCCC2)c(C2CCCCC2)c(C2CCCCC2)c1C1CCCCC1. The van der Waals surface area contributed by atoms with Crippen LogP contribution in [-0.2, 0) is 6.42 Å². The van der Waals surface area contributed by atoms with Gasteiger partial charge in [-0.25, -0.2) is 0 Å². The van der Waals surface area contributed by atoms with Crippen LogP contribution in [0.5, 0.6) is 0 Å². The van der Waals surface area contributed by atoms with E-state index in [0.29, 0.717) is 0 Å². The lowest BCUT2D eigenvalue weighted by atomic mass is 9.64. The molecule has 0 radical (unpaired) electrons. The maximum absolute atomic E-state index is 2.61. The van der Waals surface area contributed by atoms with E-state index in [1.165, 1.54) is 141 Å². The van der Waals surface area contributed by atoms with Gasteiger partial charge in [0.05, 0.1) is 0 Å². The van der Waals surface area contributed by atoms with Crippen LogP contribution in [0, 0.1) is 6.92 Å². The van der Waals surface area contributed by atoms with Crippen molar-refractivity contribution in [2.75, 3.05) is 0 Å². The van der Waals surface area contributed by atoms with Crippen LogP contribution in [-0.4, -0.2) is 0 Å². The average molecular weight is 463 g/mol. The van der Waals surface area contributed by atoms with E-state index in [0.717, 1.165) is 23.7 Å². The monoisotopic (exact) mass is 462 g/mol. The van der Waals surface area contributed by atoms with E-state index in [2.05, 4.69) is 13.8 Å². The molecule has 0 bridgehead atoms. The van der Waals surface area contributed by atoms with Crippen molar-refractivity contribution in [3.63, 3.8) is 0 Å². The van der Waals surface area contributed by atoms with Crippen molar-refractivity contribution in [1.29, 1.82) is 0 Å². The first kappa shape index (κ1) is 24.9. The van der Waals surface area contributed by atoms with Crippen LogP contribution in [0.2, 0.25) is 0 Å². The summed E-state index contributed by atoms with van der Waals surface area (Å²) >= 11 is 0. The molecule has 0 atom stereocenters. The number of benzene rings is 1. The Labute approximate surface area is 212 Å². The summed E-state index contributed by atoms with van der Waals surface area (Å²) in [4.78, 5) is 0. The summed E-state index contributed by atoms with van der Waals surface area (Å²) < 4.78 is 0. The smallest absolute Gasteiger partial charge is 0.0156 e. The molecule has 4 aliphatic rings. The van der Waals surface area contributed by atoms with Gasteiger partial charge in [0.25, 0.3) is 0 Å². The van der Waals surface area contributed by atoms with Crippen LogP contribution >= 0.6 is 0 Å². The van der Waals surface area contributed by atoms with Crippen LogP contribution in [0.3, 0.4) is 0 Å². The minimum Gasteiger partial charge on any atom is -0.0651 e. The lowest BCUT2D eigenvalue weighted by Gasteiger charge is -2.40.